The molecule has 0 spiro atoms. The molecule has 0 bridgehead atoms. The van der Waals surface area contributed by atoms with E-state index in [1.165, 1.54) is 184 Å². The Morgan fingerprint density at radius 2 is 0.712 bits per heavy atom. The summed E-state index contributed by atoms with van der Waals surface area (Å²) >= 11 is 0. The standard InChI is InChI=1S/C57H98N2O7/c1-4-6-8-10-13-19-27-37-52(39-29-21-15-17-23-35-49-66-56(63)40-30-24-32-46-58-50(3)42-43-53(58)60)51(36-26-18-11-9-7-5-2)38-28-20-14-12-16-22-34-48-65-57(64)41-31-25-33-47-59-54(61)44-45-55(59)62/h42-45,51-52H,3-41,46-49H2,1-2H3. The molecule has 0 saturated heterocycles. The molecule has 0 saturated carbocycles. The lowest BCUT2D eigenvalue weighted by Crippen LogP contribution is -2.30. The van der Waals surface area contributed by atoms with E-state index < -0.39 is 0 Å². The first-order valence-electron chi connectivity index (χ1n) is 27.8. The van der Waals surface area contributed by atoms with E-state index in [-0.39, 0.29) is 29.7 Å². The number of ether oxygens (including phenoxy) is 2. The Bertz CT molecular complexity index is 1340. The van der Waals surface area contributed by atoms with Crippen molar-refractivity contribution in [2.75, 3.05) is 26.3 Å². The average Bonchev–Trinajstić information content (AvgIpc) is 3.81. The fourth-order valence-electron chi connectivity index (χ4n) is 9.73. The molecule has 2 aliphatic heterocycles. The summed E-state index contributed by atoms with van der Waals surface area (Å²) in [6, 6.07) is 0. The van der Waals surface area contributed by atoms with Gasteiger partial charge in [-0.2, -0.15) is 0 Å². The summed E-state index contributed by atoms with van der Waals surface area (Å²) < 4.78 is 11.0. The van der Waals surface area contributed by atoms with Crippen LogP contribution in [-0.2, 0) is 33.4 Å². The van der Waals surface area contributed by atoms with Gasteiger partial charge in [-0.05, 0) is 56.4 Å². The first-order chi connectivity index (χ1) is 32.3. The molecule has 2 atom stereocenters. The number of esters is 2. The Hall–Kier alpha value is -3.23. The molecule has 2 heterocycles. The number of carbonyl (C=O) groups excluding carboxylic acids is 5. The van der Waals surface area contributed by atoms with E-state index in [0.717, 1.165) is 75.3 Å². The van der Waals surface area contributed by atoms with Crippen LogP contribution >= 0.6 is 0 Å². The molecule has 0 aromatic carbocycles. The van der Waals surface area contributed by atoms with Crippen molar-refractivity contribution in [2.45, 2.75) is 258 Å². The number of carbonyl (C=O) groups is 5. The van der Waals surface area contributed by atoms with Crippen LogP contribution in [0.25, 0.3) is 0 Å². The van der Waals surface area contributed by atoms with Crippen LogP contribution in [0.4, 0.5) is 0 Å². The third-order valence-corrected chi connectivity index (χ3v) is 13.9. The summed E-state index contributed by atoms with van der Waals surface area (Å²) in [4.78, 5) is 62.5. The Morgan fingerprint density at radius 3 is 1.08 bits per heavy atom. The van der Waals surface area contributed by atoms with Crippen molar-refractivity contribution in [3.8, 4) is 0 Å². The highest BCUT2D eigenvalue weighted by Gasteiger charge is 2.23. The van der Waals surface area contributed by atoms with E-state index in [1.54, 1.807) is 17.1 Å². The molecule has 0 fully saturated rings. The van der Waals surface area contributed by atoms with Gasteiger partial charge >= 0.3 is 11.9 Å². The molecule has 0 N–H and O–H groups in total. The van der Waals surface area contributed by atoms with Gasteiger partial charge in [-0.15, -0.1) is 0 Å². The number of unbranched alkanes of at least 4 members (excludes halogenated alkanes) is 26. The first kappa shape index (κ1) is 58.9. The van der Waals surface area contributed by atoms with E-state index in [1.807, 2.05) is 0 Å². The van der Waals surface area contributed by atoms with Gasteiger partial charge in [-0.1, -0.05) is 213 Å². The van der Waals surface area contributed by atoms with Crippen LogP contribution in [0.2, 0.25) is 0 Å². The van der Waals surface area contributed by atoms with Gasteiger partial charge in [0.25, 0.3) is 17.7 Å². The maximum atomic E-state index is 12.2. The second-order valence-corrected chi connectivity index (χ2v) is 19.7. The highest BCUT2D eigenvalue weighted by atomic mass is 16.5. The quantitative estimate of drug-likeness (QED) is 0.0340. The number of amides is 3. The summed E-state index contributed by atoms with van der Waals surface area (Å²) in [5.41, 5.74) is 0.753. The van der Waals surface area contributed by atoms with Gasteiger partial charge in [0.2, 0.25) is 0 Å². The lowest BCUT2D eigenvalue weighted by atomic mass is 9.78. The molecular weight excluding hydrogens is 825 g/mol. The van der Waals surface area contributed by atoms with Crippen LogP contribution in [0, 0.1) is 11.8 Å². The lowest BCUT2D eigenvalue weighted by molar-refractivity contribution is -0.144. The predicted molar refractivity (Wildman–Crippen MR) is 272 cm³/mol. The van der Waals surface area contributed by atoms with Gasteiger partial charge in [0.15, 0.2) is 0 Å². The lowest BCUT2D eigenvalue weighted by Gasteiger charge is -2.28. The van der Waals surface area contributed by atoms with Crippen LogP contribution in [0.1, 0.15) is 258 Å². The number of nitrogens with zero attached hydrogens (tertiary/aromatic N) is 2. The van der Waals surface area contributed by atoms with Crippen molar-refractivity contribution in [3.05, 3.63) is 36.6 Å². The molecule has 378 valence electrons. The van der Waals surface area contributed by atoms with Crippen LogP contribution in [-0.4, -0.2) is 65.8 Å². The third-order valence-electron chi connectivity index (χ3n) is 13.9. The second-order valence-electron chi connectivity index (χ2n) is 19.7. The van der Waals surface area contributed by atoms with Gasteiger partial charge < -0.3 is 14.4 Å². The molecular formula is C57H98N2O7. The van der Waals surface area contributed by atoms with Gasteiger partial charge in [-0.25, -0.2) is 0 Å². The molecule has 9 heteroatoms. The summed E-state index contributed by atoms with van der Waals surface area (Å²) in [7, 11) is 0. The fraction of sp³-hybridized carbons (Fsp3) is 0.807. The largest absolute Gasteiger partial charge is 0.466 e. The molecule has 2 rings (SSSR count). The molecule has 0 aromatic rings. The molecule has 0 aliphatic carbocycles. The fourth-order valence-corrected chi connectivity index (χ4v) is 9.73. The van der Waals surface area contributed by atoms with Gasteiger partial charge in [0, 0.05) is 49.9 Å². The maximum Gasteiger partial charge on any atom is 0.305 e. The topological polar surface area (TPSA) is 110 Å². The second kappa shape index (κ2) is 40.8. The number of hydrogen-bond acceptors (Lipinski definition) is 7. The van der Waals surface area contributed by atoms with Crippen molar-refractivity contribution >= 4 is 29.7 Å². The minimum atomic E-state index is -0.245. The molecule has 66 heavy (non-hydrogen) atoms. The molecule has 9 nitrogen and oxygen atoms in total. The smallest absolute Gasteiger partial charge is 0.305 e. The summed E-state index contributed by atoms with van der Waals surface area (Å²) in [5.74, 6) is 1.00. The zero-order chi connectivity index (χ0) is 47.7. The molecule has 3 amide bonds. The minimum Gasteiger partial charge on any atom is -0.466 e. The maximum absolute atomic E-state index is 12.2. The highest BCUT2D eigenvalue weighted by Crippen LogP contribution is 2.34. The SMILES string of the molecule is C=C1C=CC(=O)N1CCCCCC(=O)OCCCCCCCCC(CCCCCCCCC)C(CCCCCCCC)CCCCCCCCCOC(=O)CCCCCN1C(=O)C=CC1=O. The highest BCUT2D eigenvalue weighted by molar-refractivity contribution is 6.12. The number of rotatable bonds is 47. The van der Waals surface area contributed by atoms with Crippen LogP contribution in [0.5, 0.6) is 0 Å². The molecule has 2 aliphatic rings. The predicted octanol–water partition coefficient (Wildman–Crippen LogP) is 15.0. The van der Waals surface area contributed by atoms with Crippen LogP contribution in [0.15, 0.2) is 36.6 Å². The normalized spacial score (nSPS) is 14.6. The van der Waals surface area contributed by atoms with Gasteiger partial charge in [0.05, 0.1) is 13.2 Å². The number of hydrogen-bond donors (Lipinski definition) is 0. The van der Waals surface area contributed by atoms with Crippen molar-refractivity contribution < 1.29 is 33.4 Å². The van der Waals surface area contributed by atoms with Crippen molar-refractivity contribution in [1.29, 1.82) is 0 Å². The van der Waals surface area contributed by atoms with E-state index >= 15 is 0 Å². The zero-order valence-electron chi connectivity index (χ0n) is 42.6. The Balaban J connectivity index is 1.64. The van der Waals surface area contributed by atoms with Crippen molar-refractivity contribution in [1.82, 2.24) is 9.80 Å². The number of allylic oxidation sites excluding steroid dienone is 1. The van der Waals surface area contributed by atoms with E-state index in [4.69, 9.17) is 9.47 Å². The van der Waals surface area contributed by atoms with Gasteiger partial charge in [0.1, 0.15) is 0 Å². The van der Waals surface area contributed by atoms with Crippen LogP contribution < -0.4 is 0 Å². The Labute approximate surface area is 404 Å². The third kappa shape index (κ3) is 30.2. The first-order valence-corrected chi connectivity index (χ1v) is 27.8. The monoisotopic (exact) mass is 923 g/mol. The molecule has 0 radical (unpaired) electrons. The summed E-state index contributed by atoms with van der Waals surface area (Å²) in [5, 5.41) is 0. The number of imide groups is 1. The molecule has 2 unspecified atom stereocenters. The summed E-state index contributed by atoms with van der Waals surface area (Å²) in [6.45, 7) is 10.6. The van der Waals surface area contributed by atoms with E-state index in [0.29, 0.717) is 45.6 Å². The Morgan fingerprint density at radius 1 is 0.409 bits per heavy atom. The van der Waals surface area contributed by atoms with Gasteiger partial charge in [-0.3, -0.25) is 28.9 Å². The average molecular weight is 923 g/mol. The van der Waals surface area contributed by atoms with Crippen molar-refractivity contribution in [3.63, 3.8) is 0 Å². The zero-order valence-corrected chi connectivity index (χ0v) is 42.6. The summed E-state index contributed by atoms with van der Waals surface area (Å²) in [6.07, 6.45) is 50.8. The van der Waals surface area contributed by atoms with E-state index in [9.17, 15) is 24.0 Å². The van der Waals surface area contributed by atoms with E-state index in [2.05, 4.69) is 20.4 Å². The van der Waals surface area contributed by atoms with Crippen LogP contribution in [0.3, 0.4) is 0 Å². The minimum absolute atomic E-state index is 0.00310. The van der Waals surface area contributed by atoms with Crippen molar-refractivity contribution in [2.24, 2.45) is 11.8 Å². The molecule has 0 aromatic heterocycles. The Kier molecular flexibility index (Phi) is 36.4.